The average molecular weight is 378 g/mol. The lowest BCUT2D eigenvalue weighted by atomic mass is 10.1. The first-order valence-corrected chi connectivity index (χ1v) is 9.00. The summed E-state index contributed by atoms with van der Waals surface area (Å²) in [6, 6.07) is 3.66. The molecule has 1 aromatic rings. The maximum Gasteiger partial charge on any atom is 0.254 e. The molecule has 1 heterocycles. The van der Waals surface area contributed by atoms with Crippen LogP contribution in [0.3, 0.4) is 0 Å². The Morgan fingerprint density at radius 3 is 2.62 bits per heavy atom. The molecule has 0 saturated carbocycles. The molecule has 0 radical (unpaired) electrons. The molecule has 0 unspecified atom stereocenters. The fourth-order valence-corrected chi connectivity index (χ4v) is 4.38. The van der Waals surface area contributed by atoms with Gasteiger partial charge in [0.05, 0.1) is 18.1 Å². The second-order valence-electron chi connectivity index (χ2n) is 4.95. The van der Waals surface area contributed by atoms with E-state index in [1.54, 1.807) is 11.1 Å². The molecule has 0 amide bonds. The highest BCUT2D eigenvalue weighted by atomic mass is 79.9. The first-order valence-electron chi connectivity index (χ1n) is 6.73. The third kappa shape index (κ3) is 4.24. The zero-order valence-corrected chi connectivity index (χ0v) is 14.6. The van der Waals surface area contributed by atoms with Gasteiger partial charge in [0.15, 0.2) is 0 Å². The van der Waals surface area contributed by atoms with Crippen LogP contribution in [0, 0.1) is 6.92 Å². The molecular formula is C13H20BrN3O3S. The lowest BCUT2D eigenvalue weighted by Gasteiger charge is -2.27. The molecule has 0 aliphatic carbocycles. The molecule has 0 aromatic heterocycles. The smallest absolute Gasteiger partial charge is 0.254 e. The summed E-state index contributed by atoms with van der Waals surface area (Å²) in [7, 11) is -1.78. The number of halogens is 1. The first kappa shape index (κ1) is 16.9. The number of hydrogen-bond donors (Lipinski definition) is 2. The molecule has 8 heteroatoms. The fourth-order valence-electron chi connectivity index (χ4n) is 2.18. The summed E-state index contributed by atoms with van der Waals surface area (Å²) < 4.78 is 31.0. The molecule has 1 aliphatic rings. The molecule has 2 rings (SSSR count). The second kappa shape index (κ2) is 7.17. The molecule has 118 valence electrons. The Kier molecular flexibility index (Phi) is 5.75. The van der Waals surface area contributed by atoms with Crippen molar-refractivity contribution in [3.05, 3.63) is 27.7 Å². The van der Waals surface area contributed by atoms with Crippen LogP contribution >= 0.6 is 15.9 Å². The zero-order chi connectivity index (χ0) is 15.5. The van der Waals surface area contributed by atoms with Crippen molar-refractivity contribution >= 4 is 26.0 Å². The molecule has 1 aliphatic heterocycles. The van der Waals surface area contributed by atoms with Crippen molar-refractivity contribution in [3.8, 4) is 0 Å². The summed E-state index contributed by atoms with van der Waals surface area (Å²) in [5.41, 5.74) is 1.82. The highest BCUT2D eigenvalue weighted by Gasteiger charge is 2.23. The van der Waals surface area contributed by atoms with Crippen molar-refractivity contribution in [2.75, 3.05) is 33.4 Å². The van der Waals surface area contributed by atoms with Crippen LogP contribution < -0.4 is 10.1 Å². The van der Waals surface area contributed by atoms with Crippen molar-refractivity contribution in [2.45, 2.75) is 18.4 Å². The first-order chi connectivity index (χ1) is 9.94. The Bertz CT molecular complexity index is 601. The predicted octanol–water partition coefficient (Wildman–Crippen LogP) is 1.00. The zero-order valence-electron chi connectivity index (χ0n) is 12.1. The molecular weight excluding hydrogens is 358 g/mol. The van der Waals surface area contributed by atoms with E-state index < -0.39 is 10.0 Å². The fraction of sp³-hybridized carbons (Fsp3) is 0.538. The van der Waals surface area contributed by atoms with E-state index in [0.717, 1.165) is 11.1 Å². The largest absolute Gasteiger partial charge is 0.379 e. The molecule has 1 saturated heterocycles. The lowest BCUT2D eigenvalue weighted by Crippen LogP contribution is -2.48. The molecule has 2 N–H and O–H groups in total. The Morgan fingerprint density at radius 1 is 1.33 bits per heavy atom. The Balaban J connectivity index is 2.29. The monoisotopic (exact) mass is 377 g/mol. The van der Waals surface area contributed by atoms with E-state index in [4.69, 9.17) is 4.74 Å². The van der Waals surface area contributed by atoms with Gasteiger partial charge in [-0.15, -0.1) is 4.83 Å². The second-order valence-corrected chi connectivity index (χ2v) is 7.37. The summed E-state index contributed by atoms with van der Waals surface area (Å²) in [6.45, 7) is 4.66. The number of nitrogens with one attached hydrogen (secondary N) is 2. The van der Waals surface area contributed by atoms with Gasteiger partial charge in [0.1, 0.15) is 0 Å². The van der Waals surface area contributed by atoms with E-state index in [1.165, 1.54) is 0 Å². The number of rotatable bonds is 5. The van der Waals surface area contributed by atoms with Crippen LogP contribution in [-0.4, -0.2) is 46.8 Å². The number of benzene rings is 1. The summed E-state index contributed by atoms with van der Waals surface area (Å²) >= 11 is 3.38. The third-order valence-electron chi connectivity index (χ3n) is 3.21. The lowest BCUT2D eigenvalue weighted by molar-refractivity contribution is 0.0272. The van der Waals surface area contributed by atoms with Gasteiger partial charge in [0.25, 0.3) is 10.0 Å². The number of hydrogen-bond acceptors (Lipinski definition) is 5. The number of ether oxygens (including phenoxy) is 1. The molecule has 0 atom stereocenters. The van der Waals surface area contributed by atoms with Crippen molar-refractivity contribution in [1.82, 2.24) is 15.2 Å². The van der Waals surface area contributed by atoms with E-state index in [2.05, 4.69) is 26.1 Å². The standard InChI is InChI=1S/C13H20BrN3O3S/c1-10-7-11(9-15-2)8-12(13(10)14)21(18,19)16-17-3-5-20-6-4-17/h7-8,15-16H,3-6,9H2,1-2H3. The average Bonchev–Trinajstić information content (AvgIpc) is 2.43. The molecule has 0 spiro atoms. The van der Waals surface area contributed by atoms with Crippen LogP contribution in [0.25, 0.3) is 0 Å². The summed E-state index contributed by atoms with van der Waals surface area (Å²) in [5.74, 6) is 0. The minimum Gasteiger partial charge on any atom is -0.379 e. The SMILES string of the molecule is CNCc1cc(C)c(Br)c(S(=O)(=O)NN2CCOCC2)c1. The van der Waals surface area contributed by atoms with Crippen LogP contribution in [0.2, 0.25) is 0 Å². The van der Waals surface area contributed by atoms with E-state index >= 15 is 0 Å². The van der Waals surface area contributed by atoms with Crippen molar-refractivity contribution in [2.24, 2.45) is 0 Å². The summed E-state index contributed by atoms with van der Waals surface area (Å²) in [6.07, 6.45) is 0. The highest BCUT2D eigenvalue weighted by Crippen LogP contribution is 2.27. The highest BCUT2D eigenvalue weighted by molar-refractivity contribution is 9.10. The van der Waals surface area contributed by atoms with Crippen LogP contribution in [0.1, 0.15) is 11.1 Å². The van der Waals surface area contributed by atoms with Gasteiger partial charge >= 0.3 is 0 Å². The van der Waals surface area contributed by atoms with Crippen molar-refractivity contribution in [3.63, 3.8) is 0 Å². The quantitative estimate of drug-likeness (QED) is 0.800. The maximum absolute atomic E-state index is 12.6. The molecule has 1 aromatic carbocycles. The van der Waals surface area contributed by atoms with Crippen LogP contribution in [-0.2, 0) is 21.3 Å². The summed E-state index contributed by atoms with van der Waals surface area (Å²) in [5, 5.41) is 4.71. The van der Waals surface area contributed by atoms with Crippen LogP contribution in [0.5, 0.6) is 0 Å². The minimum atomic E-state index is -3.61. The molecule has 21 heavy (non-hydrogen) atoms. The van der Waals surface area contributed by atoms with Crippen LogP contribution in [0.4, 0.5) is 0 Å². The van der Waals surface area contributed by atoms with Gasteiger partial charge in [-0.25, -0.2) is 13.4 Å². The molecule has 1 fully saturated rings. The Hall–Kier alpha value is -0.510. The van der Waals surface area contributed by atoms with Gasteiger partial charge in [-0.05, 0) is 47.1 Å². The maximum atomic E-state index is 12.6. The van der Waals surface area contributed by atoms with Crippen LogP contribution in [0.15, 0.2) is 21.5 Å². The Morgan fingerprint density at radius 2 is 2.00 bits per heavy atom. The normalized spacial score (nSPS) is 17.1. The van der Waals surface area contributed by atoms with Gasteiger partial charge in [-0.2, -0.15) is 0 Å². The Labute approximate surface area is 134 Å². The number of morpholine rings is 1. The minimum absolute atomic E-state index is 0.263. The van der Waals surface area contributed by atoms with Gasteiger partial charge < -0.3 is 10.1 Å². The van der Waals surface area contributed by atoms with Crippen molar-refractivity contribution < 1.29 is 13.2 Å². The number of aryl methyl sites for hydroxylation is 1. The third-order valence-corrected chi connectivity index (χ3v) is 5.93. The van der Waals surface area contributed by atoms with E-state index in [0.29, 0.717) is 37.3 Å². The van der Waals surface area contributed by atoms with Gasteiger partial charge in [-0.3, -0.25) is 0 Å². The van der Waals surface area contributed by atoms with E-state index in [9.17, 15) is 8.42 Å². The number of hydrazine groups is 1. The van der Waals surface area contributed by atoms with E-state index in [-0.39, 0.29) is 4.90 Å². The topological polar surface area (TPSA) is 70.7 Å². The molecule has 6 nitrogen and oxygen atoms in total. The van der Waals surface area contributed by atoms with E-state index in [1.807, 2.05) is 20.0 Å². The number of nitrogens with zero attached hydrogens (tertiary/aromatic N) is 1. The number of sulfonamides is 1. The summed E-state index contributed by atoms with van der Waals surface area (Å²) in [4.78, 5) is 2.89. The predicted molar refractivity (Wildman–Crippen MR) is 84.4 cm³/mol. The van der Waals surface area contributed by atoms with Crippen molar-refractivity contribution in [1.29, 1.82) is 0 Å². The van der Waals surface area contributed by atoms with Gasteiger partial charge in [0.2, 0.25) is 0 Å². The van der Waals surface area contributed by atoms with Gasteiger partial charge in [-0.1, -0.05) is 6.07 Å². The molecule has 0 bridgehead atoms. The van der Waals surface area contributed by atoms with Gasteiger partial charge in [0, 0.05) is 24.1 Å².